The molecule has 27 heavy (non-hydrogen) atoms. The number of hydrogen-bond donors (Lipinski definition) is 1. The topological polar surface area (TPSA) is 64.7 Å². The van der Waals surface area contributed by atoms with Gasteiger partial charge in [0.25, 0.3) is 0 Å². The molecular weight excluding hydrogens is 362 g/mol. The van der Waals surface area contributed by atoms with Crippen LogP contribution in [-0.4, -0.2) is 25.5 Å². The molecule has 1 amide bonds. The van der Waals surface area contributed by atoms with E-state index in [2.05, 4.69) is 22.4 Å². The second kappa shape index (κ2) is 7.96. The number of nitrogens with one attached hydrogen (secondary N) is 1. The lowest BCUT2D eigenvalue weighted by Crippen LogP contribution is -2.18. The minimum Gasteiger partial charge on any atom is -0.311 e. The van der Waals surface area contributed by atoms with E-state index in [1.165, 1.54) is 0 Å². The third-order valence-electron chi connectivity index (χ3n) is 4.60. The second-order valence-corrected chi connectivity index (χ2v) is 7.07. The van der Waals surface area contributed by atoms with Crippen molar-refractivity contribution in [2.24, 2.45) is 0 Å². The molecule has 142 valence electrons. The van der Waals surface area contributed by atoms with Crippen LogP contribution in [0.5, 0.6) is 0 Å². The fraction of sp³-hybridized carbons (Fsp3) is 0.350. The van der Waals surface area contributed by atoms with E-state index in [0.29, 0.717) is 5.02 Å². The summed E-state index contributed by atoms with van der Waals surface area (Å²) < 4.78 is 3.64. The number of rotatable bonds is 6. The molecule has 0 saturated heterocycles. The van der Waals surface area contributed by atoms with Gasteiger partial charge in [0.15, 0.2) is 0 Å². The molecule has 2 heterocycles. The number of amides is 1. The molecule has 1 N–H and O–H groups in total. The Morgan fingerprint density at radius 2 is 2.00 bits per heavy atom. The Labute approximate surface area is 164 Å². The zero-order chi connectivity index (χ0) is 19.6. The molecule has 0 bridgehead atoms. The van der Waals surface area contributed by atoms with Crippen LogP contribution in [0.3, 0.4) is 0 Å². The van der Waals surface area contributed by atoms with Crippen molar-refractivity contribution < 1.29 is 4.79 Å². The van der Waals surface area contributed by atoms with Gasteiger partial charge >= 0.3 is 0 Å². The molecule has 0 atom stereocenters. The number of carbonyl (C=O) groups excluding carboxylic acids is 1. The summed E-state index contributed by atoms with van der Waals surface area (Å²) in [5, 5.41) is 12.5. The molecule has 0 unspecified atom stereocenters. The van der Waals surface area contributed by atoms with Crippen LogP contribution in [0, 0.1) is 20.8 Å². The number of anilines is 1. The van der Waals surface area contributed by atoms with Crippen molar-refractivity contribution >= 4 is 23.3 Å². The van der Waals surface area contributed by atoms with Gasteiger partial charge in [0.1, 0.15) is 5.82 Å². The Kier molecular flexibility index (Phi) is 5.65. The molecule has 0 aliphatic rings. The summed E-state index contributed by atoms with van der Waals surface area (Å²) in [5.41, 5.74) is 4.60. The van der Waals surface area contributed by atoms with Gasteiger partial charge in [0, 0.05) is 28.9 Å². The fourth-order valence-corrected chi connectivity index (χ4v) is 3.25. The highest BCUT2D eigenvalue weighted by molar-refractivity contribution is 6.31. The average molecular weight is 386 g/mol. The first-order valence-electron chi connectivity index (χ1n) is 9.04. The zero-order valence-corrected chi connectivity index (χ0v) is 16.8. The summed E-state index contributed by atoms with van der Waals surface area (Å²) in [6, 6.07) is 7.65. The number of hydrogen-bond acceptors (Lipinski definition) is 3. The maximum atomic E-state index is 12.6. The first-order valence-corrected chi connectivity index (χ1v) is 9.41. The lowest BCUT2D eigenvalue weighted by atomic mass is 10.1. The van der Waals surface area contributed by atoms with Crippen molar-refractivity contribution in [2.75, 3.05) is 5.32 Å². The molecule has 7 heteroatoms. The molecule has 1 aromatic carbocycles. The van der Waals surface area contributed by atoms with Gasteiger partial charge in [-0.2, -0.15) is 10.2 Å². The minimum absolute atomic E-state index is 0.0828. The summed E-state index contributed by atoms with van der Waals surface area (Å²) in [6.45, 7) is 8.70. The maximum absolute atomic E-state index is 12.6. The highest BCUT2D eigenvalue weighted by atomic mass is 35.5. The van der Waals surface area contributed by atoms with Gasteiger partial charge < -0.3 is 5.32 Å². The molecule has 0 spiro atoms. The maximum Gasteiger partial charge on any atom is 0.230 e. The van der Waals surface area contributed by atoms with Gasteiger partial charge in [0.05, 0.1) is 24.0 Å². The summed E-state index contributed by atoms with van der Waals surface area (Å²) >= 11 is 6.25. The van der Waals surface area contributed by atoms with Gasteiger partial charge in [-0.15, -0.1) is 0 Å². The Bertz CT molecular complexity index is 973. The van der Waals surface area contributed by atoms with Gasteiger partial charge in [-0.3, -0.25) is 4.79 Å². The normalized spacial score (nSPS) is 11.0. The molecule has 3 aromatic rings. The smallest absolute Gasteiger partial charge is 0.230 e. The Morgan fingerprint density at radius 1 is 1.22 bits per heavy atom. The molecular formula is C20H24ClN5O. The average Bonchev–Trinajstić information content (AvgIpc) is 3.17. The molecule has 3 rings (SSSR count). The van der Waals surface area contributed by atoms with Crippen molar-refractivity contribution in [3.8, 4) is 5.69 Å². The van der Waals surface area contributed by atoms with Crippen LogP contribution in [-0.2, 0) is 17.8 Å². The fourth-order valence-electron chi connectivity index (χ4n) is 3.07. The largest absolute Gasteiger partial charge is 0.311 e. The Hall–Kier alpha value is -2.60. The summed E-state index contributed by atoms with van der Waals surface area (Å²) in [4.78, 5) is 12.6. The van der Waals surface area contributed by atoms with E-state index in [0.717, 1.165) is 47.0 Å². The van der Waals surface area contributed by atoms with Gasteiger partial charge in [-0.25, -0.2) is 9.36 Å². The van der Waals surface area contributed by atoms with Crippen molar-refractivity contribution in [3.05, 3.63) is 58.0 Å². The van der Waals surface area contributed by atoms with Crippen molar-refractivity contribution in [2.45, 2.75) is 47.1 Å². The molecule has 6 nitrogen and oxygen atoms in total. The summed E-state index contributed by atoms with van der Waals surface area (Å²) in [5.74, 6) is 0.635. The standard InChI is InChI=1S/C20H24ClN5O/c1-5-10-25-19(8-9-22-25)23-20(27)12-17-14(3)24-26(15(17)4)16-7-6-13(2)18(21)11-16/h6-9,11H,5,10,12H2,1-4H3,(H,23,27). The highest BCUT2D eigenvalue weighted by Gasteiger charge is 2.17. The van der Waals surface area contributed by atoms with Gasteiger partial charge in [-0.1, -0.05) is 24.6 Å². The van der Waals surface area contributed by atoms with E-state index >= 15 is 0 Å². The lowest BCUT2D eigenvalue weighted by molar-refractivity contribution is -0.115. The summed E-state index contributed by atoms with van der Waals surface area (Å²) in [6.07, 6.45) is 2.91. The van der Waals surface area contributed by atoms with Crippen LogP contribution >= 0.6 is 11.6 Å². The van der Waals surface area contributed by atoms with E-state index < -0.39 is 0 Å². The predicted molar refractivity (Wildman–Crippen MR) is 108 cm³/mol. The molecule has 0 fully saturated rings. The minimum atomic E-state index is -0.0828. The van der Waals surface area contributed by atoms with Crippen LogP contribution in [0.1, 0.15) is 35.9 Å². The second-order valence-electron chi connectivity index (χ2n) is 6.66. The number of benzene rings is 1. The van der Waals surface area contributed by atoms with E-state index in [1.54, 1.807) is 10.9 Å². The van der Waals surface area contributed by atoms with E-state index in [4.69, 9.17) is 11.6 Å². The van der Waals surface area contributed by atoms with Crippen molar-refractivity contribution in [1.82, 2.24) is 19.6 Å². The van der Waals surface area contributed by atoms with Crippen LogP contribution < -0.4 is 5.32 Å². The third kappa shape index (κ3) is 4.06. The number of halogens is 1. The van der Waals surface area contributed by atoms with Crippen LogP contribution in [0.4, 0.5) is 5.82 Å². The third-order valence-corrected chi connectivity index (χ3v) is 5.01. The van der Waals surface area contributed by atoms with E-state index in [9.17, 15) is 4.79 Å². The van der Waals surface area contributed by atoms with Gasteiger partial charge in [0.2, 0.25) is 5.91 Å². The molecule has 0 radical (unpaired) electrons. The first-order chi connectivity index (χ1) is 12.9. The van der Waals surface area contributed by atoms with Crippen molar-refractivity contribution in [1.29, 1.82) is 0 Å². The number of carbonyl (C=O) groups is 1. The van der Waals surface area contributed by atoms with Crippen LogP contribution in [0.15, 0.2) is 30.5 Å². The number of aromatic nitrogens is 4. The van der Waals surface area contributed by atoms with E-state index in [1.807, 2.05) is 49.7 Å². The predicted octanol–water partition coefficient (Wildman–Crippen LogP) is 4.24. The number of nitrogens with zero attached hydrogens (tertiary/aromatic N) is 4. The van der Waals surface area contributed by atoms with E-state index in [-0.39, 0.29) is 12.3 Å². The molecule has 2 aromatic heterocycles. The van der Waals surface area contributed by atoms with Crippen molar-refractivity contribution in [3.63, 3.8) is 0 Å². The number of aryl methyl sites for hydroxylation is 3. The lowest BCUT2D eigenvalue weighted by Gasteiger charge is -2.09. The SMILES string of the molecule is CCCn1nccc1NC(=O)Cc1c(C)nn(-c2ccc(C)c(Cl)c2)c1C. The highest BCUT2D eigenvalue weighted by Crippen LogP contribution is 2.23. The Morgan fingerprint density at radius 3 is 2.70 bits per heavy atom. The zero-order valence-electron chi connectivity index (χ0n) is 16.1. The Balaban J connectivity index is 1.81. The molecule has 0 saturated carbocycles. The van der Waals surface area contributed by atoms with Crippen LogP contribution in [0.2, 0.25) is 5.02 Å². The van der Waals surface area contributed by atoms with Gasteiger partial charge in [-0.05, 0) is 44.9 Å². The van der Waals surface area contributed by atoms with Crippen LogP contribution in [0.25, 0.3) is 5.69 Å². The monoisotopic (exact) mass is 385 g/mol. The molecule has 0 aliphatic heterocycles. The summed E-state index contributed by atoms with van der Waals surface area (Å²) in [7, 11) is 0. The quantitative estimate of drug-likeness (QED) is 0.690. The molecule has 0 aliphatic carbocycles. The first kappa shape index (κ1) is 19.2.